The number of pyridine rings is 1. The third-order valence-electron chi connectivity index (χ3n) is 2.43. The lowest BCUT2D eigenvalue weighted by Crippen LogP contribution is -2.12. The summed E-state index contributed by atoms with van der Waals surface area (Å²) in [6.45, 7) is 8.59. The van der Waals surface area contributed by atoms with Gasteiger partial charge in [-0.25, -0.2) is 4.98 Å². The smallest absolute Gasteiger partial charge is 0.149 e. The van der Waals surface area contributed by atoms with E-state index in [1.54, 1.807) is 6.20 Å². The molecule has 0 amide bonds. The van der Waals surface area contributed by atoms with E-state index in [-0.39, 0.29) is 0 Å². The molecule has 1 rings (SSSR count). The number of nitrogens with zero attached hydrogens (tertiary/aromatic N) is 1. The van der Waals surface area contributed by atoms with Crippen molar-refractivity contribution in [2.45, 2.75) is 27.2 Å². The van der Waals surface area contributed by atoms with E-state index in [0.29, 0.717) is 18.2 Å². The number of hydrogen-bond acceptors (Lipinski definition) is 4. The second-order valence-electron chi connectivity index (χ2n) is 4.67. The van der Waals surface area contributed by atoms with Crippen molar-refractivity contribution in [3.05, 3.63) is 17.8 Å². The highest BCUT2D eigenvalue weighted by molar-refractivity contribution is 5.61. The van der Waals surface area contributed by atoms with Crippen molar-refractivity contribution >= 4 is 11.5 Å². The second kappa shape index (κ2) is 7.12. The van der Waals surface area contributed by atoms with Crippen LogP contribution in [0.5, 0.6) is 0 Å². The molecule has 1 aromatic heterocycles. The number of nitrogens with one attached hydrogen (secondary N) is 1. The van der Waals surface area contributed by atoms with E-state index in [4.69, 9.17) is 10.5 Å². The molecule has 0 aliphatic carbocycles. The van der Waals surface area contributed by atoms with Gasteiger partial charge in [0, 0.05) is 19.3 Å². The first-order chi connectivity index (χ1) is 8.09. The first-order valence-corrected chi connectivity index (χ1v) is 6.13. The largest absolute Gasteiger partial charge is 0.396 e. The highest BCUT2D eigenvalue weighted by atomic mass is 16.5. The van der Waals surface area contributed by atoms with Gasteiger partial charge in [0.1, 0.15) is 5.82 Å². The van der Waals surface area contributed by atoms with Crippen LogP contribution in [-0.4, -0.2) is 24.7 Å². The third kappa shape index (κ3) is 5.54. The minimum Gasteiger partial charge on any atom is -0.396 e. The second-order valence-corrected chi connectivity index (χ2v) is 4.67. The molecule has 1 aromatic rings. The molecule has 0 radical (unpaired) electrons. The lowest BCUT2D eigenvalue weighted by atomic mass is 10.1. The average molecular weight is 237 g/mol. The fourth-order valence-electron chi connectivity index (χ4n) is 1.40. The molecule has 0 saturated heterocycles. The molecule has 0 atom stereocenters. The first-order valence-electron chi connectivity index (χ1n) is 6.13. The number of aromatic nitrogens is 1. The van der Waals surface area contributed by atoms with E-state index in [1.807, 2.05) is 13.0 Å². The molecule has 0 aromatic carbocycles. The Morgan fingerprint density at radius 2 is 2.18 bits per heavy atom. The zero-order valence-corrected chi connectivity index (χ0v) is 11.0. The Bertz CT molecular complexity index is 339. The van der Waals surface area contributed by atoms with Gasteiger partial charge in [0.2, 0.25) is 0 Å². The highest BCUT2D eigenvalue weighted by Gasteiger charge is 2.00. The SMILES string of the molecule is Cc1cnc(NCCOCCC(C)C)c(N)c1. The Kier molecular flexibility index (Phi) is 5.77. The van der Waals surface area contributed by atoms with E-state index in [1.165, 1.54) is 0 Å². The summed E-state index contributed by atoms with van der Waals surface area (Å²) in [7, 11) is 0. The van der Waals surface area contributed by atoms with Crippen LogP contribution in [0.25, 0.3) is 0 Å². The van der Waals surface area contributed by atoms with Crippen LogP contribution in [0.2, 0.25) is 0 Å². The van der Waals surface area contributed by atoms with E-state index in [0.717, 1.165) is 31.0 Å². The summed E-state index contributed by atoms with van der Waals surface area (Å²) in [5.74, 6) is 1.43. The molecular formula is C13H23N3O. The van der Waals surface area contributed by atoms with Crippen LogP contribution < -0.4 is 11.1 Å². The minimum absolute atomic E-state index is 0.682. The van der Waals surface area contributed by atoms with Crippen molar-refractivity contribution in [2.24, 2.45) is 5.92 Å². The summed E-state index contributed by atoms with van der Waals surface area (Å²) < 4.78 is 5.50. The number of aryl methyl sites for hydroxylation is 1. The van der Waals surface area contributed by atoms with Gasteiger partial charge in [-0.05, 0) is 30.9 Å². The highest BCUT2D eigenvalue weighted by Crippen LogP contribution is 2.15. The van der Waals surface area contributed by atoms with Gasteiger partial charge in [0.15, 0.2) is 0 Å². The number of nitrogens with two attached hydrogens (primary N) is 1. The van der Waals surface area contributed by atoms with Crippen LogP contribution >= 0.6 is 0 Å². The Morgan fingerprint density at radius 3 is 2.82 bits per heavy atom. The molecule has 0 saturated carbocycles. The van der Waals surface area contributed by atoms with Gasteiger partial charge in [-0.1, -0.05) is 13.8 Å². The summed E-state index contributed by atoms with van der Waals surface area (Å²) in [4.78, 5) is 4.23. The van der Waals surface area contributed by atoms with Gasteiger partial charge in [-0.3, -0.25) is 0 Å². The molecule has 96 valence electrons. The Labute approximate surface area is 104 Å². The summed E-state index contributed by atoms with van der Waals surface area (Å²) in [5.41, 5.74) is 7.59. The predicted molar refractivity (Wildman–Crippen MR) is 72.2 cm³/mol. The molecular weight excluding hydrogens is 214 g/mol. The predicted octanol–water partition coefficient (Wildman–Crippen LogP) is 2.45. The van der Waals surface area contributed by atoms with Crippen LogP contribution in [0, 0.1) is 12.8 Å². The number of rotatable bonds is 7. The van der Waals surface area contributed by atoms with Gasteiger partial charge < -0.3 is 15.8 Å². The maximum atomic E-state index is 5.84. The number of anilines is 2. The molecule has 17 heavy (non-hydrogen) atoms. The molecule has 0 bridgehead atoms. The Hall–Kier alpha value is -1.29. The van der Waals surface area contributed by atoms with Crippen molar-refractivity contribution in [2.75, 3.05) is 30.8 Å². The maximum Gasteiger partial charge on any atom is 0.149 e. The van der Waals surface area contributed by atoms with Crippen molar-refractivity contribution in [3.8, 4) is 0 Å². The van der Waals surface area contributed by atoms with Crippen molar-refractivity contribution in [1.29, 1.82) is 0 Å². The van der Waals surface area contributed by atoms with Gasteiger partial charge in [0.05, 0.1) is 12.3 Å². The summed E-state index contributed by atoms with van der Waals surface area (Å²) in [6, 6.07) is 1.91. The first kappa shape index (κ1) is 13.8. The average Bonchev–Trinajstić information content (AvgIpc) is 2.25. The zero-order valence-electron chi connectivity index (χ0n) is 11.0. The molecule has 0 unspecified atom stereocenters. The minimum atomic E-state index is 0.682. The molecule has 4 nitrogen and oxygen atoms in total. The van der Waals surface area contributed by atoms with Crippen LogP contribution in [0.15, 0.2) is 12.3 Å². The maximum absolute atomic E-state index is 5.84. The quantitative estimate of drug-likeness (QED) is 0.715. The molecule has 1 heterocycles. The van der Waals surface area contributed by atoms with Crippen LogP contribution in [-0.2, 0) is 4.74 Å². The van der Waals surface area contributed by atoms with E-state index < -0.39 is 0 Å². The van der Waals surface area contributed by atoms with E-state index in [9.17, 15) is 0 Å². The van der Waals surface area contributed by atoms with Crippen LogP contribution in [0.4, 0.5) is 11.5 Å². The molecule has 0 spiro atoms. The fourth-order valence-corrected chi connectivity index (χ4v) is 1.40. The summed E-state index contributed by atoms with van der Waals surface area (Å²) >= 11 is 0. The van der Waals surface area contributed by atoms with E-state index in [2.05, 4.69) is 24.1 Å². The van der Waals surface area contributed by atoms with E-state index >= 15 is 0 Å². The third-order valence-corrected chi connectivity index (χ3v) is 2.43. The molecule has 3 N–H and O–H groups in total. The topological polar surface area (TPSA) is 60.2 Å². The zero-order chi connectivity index (χ0) is 12.7. The normalized spacial score (nSPS) is 10.8. The number of nitrogen functional groups attached to an aromatic ring is 1. The van der Waals surface area contributed by atoms with Crippen molar-refractivity contribution in [3.63, 3.8) is 0 Å². The molecule has 0 aliphatic rings. The van der Waals surface area contributed by atoms with Gasteiger partial charge in [-0.15, -0.1) is 0 Å². The fraction of sp³-hybridized carbons (Fsp3) is 0.615. The number of ether oxygens (including phenoxy) is 1. The monoisotopic (exact) mass is 237 g/mol. The van der Waals surface area contributed by atoms with Crippen molar-refractivity contribution < 1.29 is 4.74 Å². The molecule has 0 fully saturated rings. The van der Waals surface area contributed by atoms with Gasteiger partial charge in [0.25, 0.3) is 0 Å². The Balaban J connectivity index is 2.18. The van der Waals surface area contributed by atoms with Gasteiger partial charge in [-0.2, -0.15) is 0 Å². The lowest BCUT2D eigenvalue weighted by molar-refractivity contribution is 0.132. The van der Waals surface area contributed by atoms with Gasteiger partial charge >= 0.3 is 0 Å². The lowest BCUT2D eigenvalue weighted by Gasteiger charge is -2.10. The number of hydrogen-bond donors (Lipinski definition) is 2. The summed E-state index contributed by atoms with van der Waals surface area (Å²) in [5, 5.41) is 3.17. The van der Waals surface area contributed by atoms with Crippen LogP contribution in [0.1, 0.15) is 25.8 Å². The standard InChI is InChI=1S/C13H23N3O/c1-10(2)4-6-17-7-5-15-13-12(14)8-11(3)9-16-13/h8-10H,4-7,14H2,1-3H3,(H,15,16). The molecule has 4 heteroatoms. The summed E-state index contributed by atoms with van der Waals surface area (Å²) in [6.07, 6.45) is 2.91. The molecule has 0 aliphatic heterocycles. The van der Waals surface area contributed by atoms with Crippen molar-refractivity contribution in [1.82, 2.24) is 4.98 Å². The Morgan fingerprint density at radius 1 is 1.41 bits per heavy atom. The van der Waals surface area contributed by atoms with Crippen LogP contribution in [0.3, 0.4) is 0 Å².